The van der Waals surface area contributed by atoms with Crippen molar-refractivity contribution in [2.75, 3.05) is 25.3 Å². The quantitative estimate of drug-likeness (QED) is 0.0895. The van der Waals surface area contributed by atoms with Crippen molar-refractivity contribution in [2.24, 2.45) is 0 Å². The zero-order valence-electron chi connectivity index (χ0n) is 17.3. The minimum absolute atomic E-state index is 0.245. The summed E-state index contributed by atoms with van der Waals surface area (Å²) in [6, 6.07) is 0. The van der Waals surface area contributed by atoms with Crippen molar-refractivity contribution in [3.63, 3.8) is 0 Å². The van der Waals surface area contributed by atoms with Gasteiger partial charge in [0.1, 0.15) is 13.6 Å². The SMILES string of the molecule is CCCC(CC/C=C\CCCl)OCOCOC(CCC)CC/C=C\CCCl. The van der Waals surface area contributed by atoms with Crippen LogP contribution in [0.1, 0.15) is 78.1 Å². The van der Waals surface area contributed by atoms with Gasteiger partial charge in [-0.15, -0.1) is 23.2 Å². The number of ether oxygens (including phenoxy) is 3. The number of hydrogen-bond donors (Lipinski definition) is 0. The first kappa shape index (κ1) is 26.9. The fourth-order valence-electron chi connectivity index (χ4n) is 2.75. The average Bonchev–Trinajstić information content (AvgIpc) is 2.67. The molecule has 0 radical (unpaired) electrons. The summed E-state index contributed by atoms with van der Waals surface area (Å²) < 4.78 is 17.3. The molecule has 0 spiro atoms. The first-order valence-electron chi connectivity index (χ1n) is 10.5. The van der Waals surface area contributed by atoms with E-state index in [-0.39, 0.29) is 12.2 Å². The molecule has 0 aliphatic heterocycles. The highest BCUT2D eigenvalue weighted by Gasteiger charge is 2.09. The van der Waals surface area contributed by atoms with Crippen molar-refractivity contribution in [3.05, 3.63) is 24.3 Å². The van der Waals surface area contributed by atoms with Crippen LogP contribution in [0.2, 0.25) is 0 Å². The van der Waals surface area contributed by atoms with Gasteiger partial charge in [0.05, 0.1) is 12.2 Å². The van der Waals surface area contributed by atoms with E-state index in [0.717, 1.165) is 64.2 Å². The zero-order valence-corrected chi connectivity index (χ0v) is 18.9. The molecule has 160 valence electrons. The van der Waals surface area contributed by atoms with E-state index in [0.29, 0.717) is 25.3 Å². The molecule has 0 aromatic carbocycles. The van der Waals surface area contributed by atoms with Crippen LogP contribution < -0.4 is 0 Å². The van der Waals surface area contributed by atoms with Gasteiger partial charge in [-0.05, 0) is 51.4 Å². The van der Waals surface area contributed by atoms with Gasteiger partial charge in [0, 0.05) is 11.8 Å². The molecule has 27 heavy (non-hydrogen) atoms. The Morgan fingerprint density at radius 1 is 0.630 bits per heavy atom. The van der Waals surface area contributed by atoms with E-state index >= 15 is 0 Å². The van der Waals surface area contributed by atoms with Crippen LogP contribution >= 0.6 is 23.2 Å². The summed E-state index contributed by atoms with van der Waals surface area (Å²) in [5.74, 6) is 1.37. The van der Waals surface area contributed by atoms with Crippen LogP contribution in [0.5, 0.6) is 0 Å². The van der Waals surface area contributed by atoms with E-state index in [1.54, 1.807) is 0 Å². The van der Waals surface area contributed by atoms with Crippen LogP contribution in [-0.4, -0.2) is 37.6 Å². The number of rotatable bonds is 20. The Bertz CT molecular complexity index is 316. The standard InChI is InChI=1S/C22H40Cl2O3/c1-3-13-21(15-9-5-7-11-17-23)26-19-25-20-27-22(14-4-2)16-10-6-8-12-18-24/h5-8,21-22H,3-4,9-20H2,1-2H3/b7-5-,8-6-. The molecule has 0 bridgehead atoms. The highest BCUT2D eigenvalue weighted by molar-refractivity contribution is 6.18. The molecule has 5 heteroatoms. The molecular formula is C22H40Cl2O3. The van der Waals surface area contributed by atoms with Gasteiger partial charge in [-0.2, -0.15) is 0 Å². The molecule has 0 fully saturated rings. The molecule has 0 heterocycles. The summed E-state index contributed by atoms with van der Waals surface area (Å²) in [6.07, 6.45) is 19.4. The van der Waals surface area contributed by atoms with E-state index in [4.69, 9.17) is 37.4 Å². The third kappa shape index (κ3) is 19.0. The fourth-order valence-corrected chi connectivity index (χ4v) is 3.00. The molecular weight excluding hydrogens is 383 g/mol. The van der Waals surface area contributed by atoms with Crippen molar-refractivity contribution >= 4 is 23.2 Å². The van der Waals surface area contributed by atoms with Crippen LogP contribution in [0.25, 0.3) is 0 Å². The predicted octanol–water partition coefficient (Wildman–Crippen LogP) is 7.22. The summed E-state index contributed by atoms with van der Waals surface area (Å²) in [6.45, 7) is 4.95. The van der Waals surface area contributed by atoms with Crippen LogP contribution in [-0.2, 0) is 14.2 Å². The Morgan fingerprint density at radius 2 is 1.04 bits per heavy atom. The normalized spacial score (nSPS) is 14.4. The summed E-state index contributed by atoms with van der Waals surface area (Å²) in [5.41, 5.74) is 0. The summed E-state index contributed by atoms with van der Waals surface area (Å²) >= 11 is 11.3. The van der Waals surface area contributed by atoms with Gasteiger partial charge in [0.25, 0.3) is 0 Å². The molecule has 0 aromatic rings. The molecule has 3 nitrogen and oxygen atoms in total. The van der Waals surface area contributed by atoms with E-state index < -0.39 is 0 Å². The van der Waals surface area contributed by atoms with E-state index in [1.165, 1.54) is 0 Å². The van der Waals surface area contributed by atoms with E-state index in [2.05, 4.69) is 38.2 Å². The maximum absolute atomic E-state index is 5.87. The van der Waals surface area contributed by atoms with E-state index in [9.17, 15) is 0 Å². The van der Waals surface area contributed by atoms with Gasteiger partial charge in [0.15, 0.2) is 0 Å². The highest BCUT2D eigenvalue weighted by atomic mass is 35.5. The minimum atomic E-state index is 0.245. The van der Waals surface area contributed by atoms with Crippen molar-refractivity contribution in [1.82, 2.24) is 0 Å². The van der Waals surface area contributed by atoms with Crippen LogP contribution in [0.3, 0.4) is 0 Å². The van der Waals surface area contributed by atoms with Gasteiger partial charge in [0.2, 0.25) is 0 Å². The third-order valence-corrected chi connectivity index (χ3v) is 4.63. The zero-order chi connectivity index (χ0) is 20.0. The number of allylic oxidation sites excluding steroid dienone is 4. The molecule has 0 aliphatic carbocycles. The monoisotopic (exact) mass is 422 g/mol. The lowest BCUT2D eigenvalue weighted by Crippen LogP contribution is -2.18. The smallest absolute Gasteiger partial charge is 0.149 e. The van der Waals surface area contributed by atoms with Gasteiger partial charge in [-0.25, -0.2) is 0 Å². The van der Waals surface area contributed by atoms with Crippen molar-refractivity contribution in [1.29, 1.82) is 0 Å². The molecule has 0 aromatic heterocycles. The maximum Gasteiger partial charge on any atom is 0.149 e. The minimum Gasteiger partial charge on any atom is -0.352 e. The Morgan fingerprint density at radius 3 is 1.41 bits per heavy atom. The van der Waals surface area contributed by atoms with Gasteiger partial charge in [-0.3, -0.25) is 0 Å². The average molecular weight is 423 g/mol. The molecule has 0 amide bonds. The van der Waals surface area contributed by atoms with Crippen molar-refractivity contribution in [3.8, 4) is 0 Å². The largest absolute Gasteiger partial charge is 0.352 e. The molecule has 2 unspecified atom stereocenters. The summed E-state index contributed by atoms with van der Waals surface area (Å²) in [4.78, 5) is 0. The fraction of sp³-hybridized carbons (Fsp3) is 0.818. The number of alkyl halides is 2. The molecule has 0 N–H and O–H groups in total. The second-order valence-electron chi connectivity index (χ2n) is 6.65. The van der Waals surface area contributed by atoms with Crippen LogP contribution in [0, 0.1) is 0 Å². The Balaban J connectivity index is 3.90. The molecule has 0 rings (SSSR count). The Hall–Kier alpha value is -0.0600. The first-order valence-corrected chi connectivity index (χ1v) is 11.6. The lowest BCUT2D eigenvalue weighted by molar-refractivity contribution is -0.167. The van der Waals surface area contributed by atoms with Crippen LogP contribution in [0.15, 0.2) is 24.3 Å². The van der Waals surface area contributed by atoms with Crippen molar-refractivity contribution in [2.45, 2.75) is 90.3 Å². The number of hydrogen-bond acceptors (Lipinski definition) is 3. The Labute approximate surface area is 177 Å². The maximum atomic E-state index is 5.87. The summed E-state index contributed by atoms with van der Waals surface area (Å²) in [7, 11) is 0. The lowest BCUT2D eigenvalue weighted by atomic mass is 10.1. The predicted molar refractivity (Wildman–Crippen MR) is 118 cm³/mol. The van der Waals surface area contributed by atoms with Gasteiger partial charge < -0.3 is 14.2 Å². The lowest BCUT2D eigenvalue weighted by Gasteiger charge is -2.19. The van der Waals surface area contributed by atoms with E-state index in [1.807, 2.05) is 0 Å². The molecule has 0 saturated heterocycles. The topological polar surface area (TPSA) is 27.7 Å². The van der Waals surface area contributed by atoms with Crippen molar-refractivity contribution < 1.29 is 14.2 Å². The first-order chi connectivity index (χ1) is 13.3. The van der Waals surface area contributed by atoms with Crippen LogP contribution in [0.4, 0.5) is 0 Å². The second-order valence-corrected chi connectivity index (χ2v) is 7.40. The molecule has 2 atom stereocenters. The molecule has 0 saturated carbocycles. The number of halogens is 2. The van der Waals surface area contributed by atoms with Gasteiger partial charge in [-0.1, -0.05) is 51.0 Å². The third-order valence-electron chi connectivity index (χ3n) is 4.19. The highest BCUT2D eigenvalue weighted by Crippen LogP contribution is 2.12. The Kier molecular flexibility index (Phi) is 22.2. The second kappa shape index (κ2) is 22.2. The molecule has 0 aliphatic rings. The van der Waals surface area contributed by atoms with Gasteiger partial charge >= 0.3 is 0 Å². The summed E-state index contributed by atoms with van der Waals surface area (Å²) in [5, 5.41) is 0.